The predicted molar refractivity (Wildman–Crippen MR) is 68.4 cm³/mol. The molecular weight excluding hydrogens is 256 g/mol. The van der Waals surface area contributed by atoms with Crippen LogP contribution < -0.4 is 19.9 Å². The first-order valence-corrected chi connectivity index (χ1v) is 6.87. The topological polar surface area (TPSA) is 90.6 Å². The number of ether oxygens (including phenoxy) is 2. The van der Waals surface area contributed by atoms with Crippen molar-refractivity contribution in [3.63, 3.8) is 0 Å². The number of benzene rings is 1. The Balaban J connectivity index is 3.20. The summed E-state index contributed by atoms with van der Waals surface area (Å²) in [7, 11) is -0.806. The minimum atomic E-state index is -3.68. The maximum atomic E-state index is 12.1. The summed E-state index contributed by atoms with van der Waals surface area (Å²) >= 11 is 0. The normalized spacial score (nSPS) is 13.1. The van der Waals surface area contributed by atoms with Gasteiger partial charge in [-0.3, -0.25) is 0 Å². The Hall–Kier alpha value is -1.31. The van der Waals surface area contributed by atoms with Gasteiger partial charge in [-0.2, -0.15) is 0 Å². The maximum Gasteiger partial charge on any atom is 0.244 e. The summed E-state index contributed by atoms with van der Waals surface area (Å²) in [6, 6.07) is 4.22. The molecule has 0 aliphatic carbocycles. The summed E-state index contributed by atoms with van der Waals surface area (Å²) in [5, 5.41) is 0. The van der Waals surface area contributed by atoms with Crippen LogP contribution in [0.2, 0.25) is 0 Å². The first kappa shape index (κ1) is 14.7. The summed E-state index contributed by atoms with van der Waals surface area (Å²) in [5.74, 6) is 0.698. The molecule has 102 valence electrons. The van der Waals surface area contributed by atoms with E-state index >= 15 is 0 Å². The fourth-order valence-corrected chi connectivity index (χ4v) is 2.81. The third-order valence-corrected chi connectivity index (χ3v) is 3.98. The van der Waals surface area contributed by atoms with Crippen LogP contribution in [-0.4, -0.2) is 35.2 Å². The second kappa shape index (κ2) is 6.03. The van der Waals surface area contributed by atoms with Gasteiger partial charge in [0.1, 0.15) is 16.4 Å². The third kappa shape index (κ3) is 3.34. The molecule has 0 heterocycles. The van der Waals surface area contributed by atoms with Crippen molar-refractivity contribution in [2.24, 2.45) is 5.73 Å². The highest BCUT2D eigenvalue weighted by Gasteiger charge is 2.22. The lowest BCUT2D eigenvalue weighted by Gasteiger charge is -2.15. The van der Waals surface area contributed by atoms with Crippen LogP contribution in [0.15, 0.2) is 23.1 Å². The molecular formula is C11H18N2O4S. The van der Waals surface area contributed by atoms with Crippen LogP contribution in [-0.2, 0) is 10.0 Å². The van der Waals surface area contributed by atoms with E-state index in [1.54, 1.807) is 19.1 Å². The highest BCUT2D eigenvalue weighted by molar-refractivity contribution is 7.89. The van der Waals surface area contributed by atoms with Crippen molar-refractivity contribution in [3.8, 4) is 11.5 Å². The highest BCUT2D eigenvalue weighted by atomic mass is 32.2. The van der Waals surface area contributed by atoms with Gasteiger partial charge >= 0.3 is 0 Å². The van der Waals surface area contributed by atoms with Crippen molar-refractivity contribution in [2.75, 3.05) is 20.8 Å². The van der Waals surface area contributed by atoms with Gasteiger partial charge in [0, 0.05) is 18.7 Å². The van der Waals surface area contributed by atoms with E-state index < -0.39 is 10.0 Å². The number of methoxy groups -OCH3 is 2. The van der Waals surface area contributed by atoms with Gasteiger partial charge < -0.3 is 15.2 Å². The number of sulfonamides is 1. The van der Waals surface area contributed by atoms with Gasteiger partial charge in [0.2, 0.25) is 10.0 Å². The van der Waals surface area contributed by atoms with Gasteiger partial charge in [0.25, 0.3) is 0 Å². The molecule has 0 fully saturated rings. The molecule has 7 heteroatoms. The number of hydrogen-bond acceptors (Lipinski definition) is 5. The van der Waals surface area contributed by atoms with Crippen molar-refractivity contribution in [3.05, 3.63) is 18.2 Å². The summed E-state index contributed by atoms with van der Waals surface area (Å²) in [5.41, 5.74) is 5.40. The van der Waals surface area contributed by atoms with E-state index in [-0.39, 0.29) is 23.2 Å². The van der Waals surface area contributed by atoms with Crippen LogP contribution in [0.4, 0.5) is 0 Å². The molecule has 0 amide bonds. The van der Waals surface area contributed by atoms with Gasteiger partial charge in [-0.1, -0.05) is 0 Å². The molecule has 1 atom stereocenters. The summed E-state index contributed by atoms with van der Waals surface area (Å²) in [6.45, 7) is 1.90. The molecule has 0 aliphatic rings. The maximum absolute atomic E-state index is 12.1. The van der Waals surface area contributed by atoms with Crippen molar-refractivity contribution >= 4 is 10.0 Å². The molecule has 0 spiro atoms. The molecule has 0 radical (unpaired) electrons. The Kier molecular flexibility index (Phi) is 4.94. The zero-order valence-corrected chi connectivity index (χ0v) is 11.5. The fraction of sp³-hybridized carbons (Fsp3) is 0.455. The molecule has 0 aliphatic heterocycles. The minimum Gasteiger partial charge on any atom is -0.497 e. The molecule has 1 aromatic rings. The van der Waals surface area contributed by atoms with E-state index in [4.69, 9.17) is 15.2 Å². The van der Waals surface area contributed by atoms with Crippen LogP contribution >= 0.6 is 0 Å². The average Bonchev–Trinajstić information content (AvgIpc) is 2.37. The van der Waals surface area contributed by atoms with Gasteiger partial charge in [0.05, 0.1) is 14.2 Å². The van der Waals surface area contributed by atoms with Crippen LogP contribution in [0.1, 0.15) is 6.92 Å². The van der Waals surface area contributed by atoms with Crippen molar-refractivity contribution in [2.45, 2.75) is 17.9 Å². The van der Waals surface area contributed by atoms with Gasteiger partial charge in [-0.15, -0.1) is 0 Å². The van der Waals surface area contributed by atoms with E-state index in [2.05, 4.69) is 4.72 Å². The number of hydrogen-bond donors (Lipinski definition) is 2. The number of nitrogens with one attached hydrogen (secondary N) is 1. The molecule has 6 nitrogen and oxygen atoms in total. The summed E-state index contributed by atoms with van der Waals surface area (Å²) in [6.07, 6.45) is 0. The first-order valence-electron chi connectivity index (χ1n) is 5.39. The molecule has 1 rings (SSSR count). The van der Waals surface area contributed by atoms with E-state index in [0.717, 1.165) is 0 Å². The van der Waals surface area contributed by atoms with E-state index in [1.807, 2.05) is 0 Å². The molecule has 18 heavy (non-hydrogen) atoms. The lowest BCUT2D eigenvalue weighted by Crippen LogP contribution is -2.37. The SMILES string of the molecule is COc1ccc(OC)c(S(=O)(=O)N[C@H](C)CN)c1. The van der Waals surface area contributed by atoms with Gasteiger partial charge in [-0.05, 0) is 19.1 Å². The first-order chi connectivity index (χ1) is 8.44. The van der Waals surface area contributed by atoms with Crippen LogP contribution in [0.5, 0.6) is 11.5 Å². The summed E-state index contributed by atoms with van der Waals surface area (Å²) < 4.78 is 36.8. The average molecular weight is 274 g/mol. The zero-order valence-electron chi connectivity index (χ0n) is 10.6. The Morgan fingerprint density at radius 3 is 2.50 bits per heavy atom. The Bertz CT molecular complexity index is 502. The zero-order chi connectivity index (χ0) is 13.8. The fourth-order valence-electron chi connectivity index (χ4n) is 1.37. The monoisotopic (exact) mass is 274 g/mol. The molecule has 3 N–H and O–H groups in total. The van der Waals surface area contributed by atoms with E-state index in [0.29, 0.717) is 5.75 Å². The van der Waals surface area contributed by atoms with Crippen molar-refractivity contribution in [1.82, 2.24) is 4.72 Å². The lowest BCUT2D eigenvalue weighted by molar-refractivity contribution is 0.391. The molecule has 1 aromatic carbocycles. The molecule has 0 bridgehead atoms. The van der Waals surface area contributed by atoms with E-state index in [9.17, 15) is 8.42 Å². The van der Waals surface area contributed by atoms with Gasteiger partial charge in [0.15, 0.2) is 0 Å². The Labute approximate surface area is 107 Å². The second-order valence-corrected chi connectivity index (χ2v) is 5.46. The van der Waals surface area contributed by atoms with Crippen LogP contribution in [0.25, 0.3) is 0 Å². The number of rotatable bonds is 6. The van der Waals surface area contributed by atoms with Crippen LogP contribution in [0, 0.1) is 0 Å². The standard InChI is InChI=1S/C11H18N2O4S/c1-8(7-12)13-18(14,15)11-6-9(16-2)4-5-10(11)17-3/h4-6,8,13H,7,12H2,1-3H3/t8-/m1/s1. The quantitative estimate of drug-likeness (QED) is 0.780. The second-order valence-electron chi connectivity index (χ2n) is 3.77. The number of nitrogens with two attached hydrogens (primary N) is 1. The molecule has 0 saturated heterocycles. The molecule has 0 saturated carbocycles. The smallest absolute Gasteiger partial charge is 0.244 e. The van der Waals surface area contributed by atoms with Crippen molar-refractivity contribution in [1.29, 1.82) is 0 Å². The molecule has 0 aromatic heterocycles. The third-order valence-electron chi connectivity index (χ3n) is 2.37. The minimum absolute atomic E-state index is 0.0321. The summed E-state index contributed by atoms with van der Waals surface area (Å²) in [4.78, 5) is 0.0321. The largest absolute Gasteiger partial charge is 0.497 e. The van der Waals surface area contributed by atoms with Crippen LogP contribution in [0.3, 0.4) is 0 Å². The highest BCUT2D eigenvalue weighted by Crippen LogP contribution is 2.28. The Morgan fingerprint density at radius 1 is 1.33 bits per heavy atom. The molecule has 0 unspecified atom stereocenters. The van der Waals surface area contributed by atoms with E-state index in [1.165, 1.54) is 20.3 Å². The lowest BCUT2D eigenvalue weighted by atomic mass is 10.3. The predicted octanol–water partition coefficient (Wildman–Crippen LogP) is 0.329. The Morgan fingerprint density at radius 2 is 2.00 bits per heavy atom. The van der Waals surface area contributed by atoms with Crippen molar-refractivity contribution < 1.29 is 17.9 Å². The van der Waals surface area contributed by atoms with Gasteiger partial charge in [-0.25, -0.2) is 13.1 Å².